The molecule has 0 aliphatic carbocycles. The van der Waals surface area contributed by atoms with E-state index in [-0.39, 0.29) is 18.5 Å². The first kappa shape index (κ1) is 22.0. The molecule has 2 aliphatic heterocycles. The summed E-state index contributed by atoms with van der Waals surface area (Å²) in [6.45, 7) is 9.00. The molecule has 2 aliphatic rings. The van der Waals surface area contributed by atoms with Gasteiger partial charge in [0.05, 0.1) is 25.7 Å². The fourth-order valence-electron chi connectivity index (χ4n) is 3.91. The number of esters is 1. The smallest absolute Gasteiger partial charge is 0.309 e. The van der Waals surface area contributed by atoms with Crippen LogP contribution in [0.4, 0.5) is 0 Å². The maximum atomic E-state index is 11.9. The van der Waals surface area contributed by atoms with Gasteiger partial charge in [0.1, 0.15) is 18.5 Å². The number of benzene rings is 1. The van der Waals surface area contributed by atoms with Gasteiger partial charge in [-0.15, -0.1) is 0 Å². The van der Waals surface area contributed by atoms with Crippen LogP contribution in [0.5, 0.6) is 5.75 Å². The van der Waals surface area contributed by atoms with E-state index in [9.17, 15) is 9.90 Å². The number of carbonyl (C=O) groups is 1. The molecule has 0 amide bonds. The number of aliphatic hydroxyl groups excluding tert-OH is 1. The lowest BCUT2D eigenvalue weighted by molar-refractivity contribution is -0.149. The monoisotopic (exact) mass is 406 g/mol. The first-order valence-corrected chi connectivity index (χ1v) is 10.7. The van der Waals surface area contributed by atoms with Crippen LogP contribution in [0.2, 0.25) is 0 Å². The number of aliphatic hydroxyl groups is 1. The summed E-state index contributed by atoms with van der Waals surface area (Å²) >= 11 is 0. The maximum Gasteiger partial charge on any atom is 0.309 e. The summed E-state index contributed by atoms with van der Waals surface area (Å²) in [5, 5.41) is 10.2. The summed E-state index contributed by atoms with van der Waals surface area (Å²) in [5.41, 5.74) is 1.18. The van der Waals surface area contributed by atoms with Crippen LogP contribution in [-0.4, -0.2) is 86.1 Å². The van der Waals surface area contributed by atoms with Crippen molar-refractivity contribution in [3.63, 3.8) is 0 Å². The highest BCUT2D eigenvalue weighted by Crippen LogP contribution is 2.22. The first-order chi connectivity index (χ1) is 14.1. The van der Waals surface area contributed by atoms with E-state index in [1.807, 2.05) is 25.1 Å². The van der Waals surface area contributed by atoms with Crippen molar-refractivity contribution < 1.29 is 24.1 Å². The van der Waals surface area contributed by atoms with E-state index in [1.165, 1.54) is 5.56 Å². The lowest BCUT2D eigenvalue weighted by atomic mass is 9.96. The molecule has 162 valence electrons. The number of β-amino-alcohol motifs (C(OH)–C–C–N with tert-alkyl or cyclic N) is 1. The van der Waals surface area contributed by atoms with E-state index in [2.05, 4.69) is 15.9 Å². The summed E-state index contributed by atoms with van der Waals surface area (Å²) in [6, 6.07) is 8.05. The Morgan fingerprint density at radius 1 is 1.21 bits per heavy atom. The SMILES string of the molecule is CCOC(=O)C1CCN(Cc2cccc(OCC(O)CN3CCOCC3)c2)CC1. The molecular formula is C22H34N2O5. The molecule has 1 unspecified atom stereocenters. The van der Waals surface area contributed by atoms with Gasteiger partial charge >= 0.3 is 5.97 Å². The second-order valence-corrected chi connectivity index (χ2v) is 7.83. The second-order valence-electron chi connectivity index (χ2n) is 7.83. The topological polar surface area (TPSA) is 71.5 Å². The molecule has 0 saturated carbocycles. The number of nitrogens with zero attached hydrogens (tertiary/aromatic N) is 2. The number of hydrogen-bond donors (Lipinski definition) is 1. The highest BCUT2D eigenvalue weighted by atomic mass is 16.5. The van der Waals surface area contributed by atoms with Crippen molar-refractivity contribution in [3.8, 4) is 5.75 Å². The molecule has 1 atom stereocenters. The summed E-state index contributed by atoms with van der Waals surface area (Å²) in [6.07, 6.45) is 1.18. The number of likely N-dealkylation sites (tertiary alicyclic amines) is 1. The Balaban J connectivity index is 1.41. The number of ether oxygens (including phenoxy) is 3. The third-order valence-electron chi connectivity index (χ3n) is 5.53. The van der Waals surface area contributed by atoms with E-state index in [0.29, 0.717) is 13.2 Å². The normalized spacial score (nSPS) is 20.3. The van der Waals surface area contributed by atoms with Gasteiger partial charge in [0.15, 0.2) is 0 Å². The predicted octanol–water partition coefficient (Wildman–Crippen LogP) is 1.53. The fourth-order valence-corrected chi connectivity index (χ4v) is 3.91. The number of carbonyl (C=O) groups excluding carboxylic acids is 1. The molecule has 0 aromatic heterocycles. The molecule has 0 spiro atoms. The van der Waals surface area contributed by atoms with Gasteiger partial charge < -0.3 is 19.3 Å². The molecule has 0 bridgehead atoms. The molecule has 7 nitrogen and oxygen atoms in total. The van der Waals surface area contributed by atoms with Crippen LogP contribution < -0.4 is 4.74 Å². The van der Waals surface area contributed by atoms with E-state index in [0.717, 1.165) is 64.5 Å². The number of hydrogen-bond acceptors (Lipinski definition) is 7. The highest BCUT2D eigenvalue weighted by molar-refractivity contribution is 5.72. The first-order valence-electron chi connectivity index (χ1n) is 10.7. The van der Waals surface area contributed by atoms with Crippen LogP contribution in [0.15, 0.2) is 24.3 Å². The molecule has 2 fully saturated rings. The molecule has 1 aromatic rings. The van der Waals surface area contributed by atoms with Crippen LogP contribution >= 0.6 is 0 Å². The predicted molar refractivity (Wildman–Crippen MR) is 110 cm³/mol. The van der Waals surface area contributed by atoms with E-state index in [1.54, 1.807) is 0 Å². The minimum absolute atomic E-state index is 0.0359. The second kappa shape index (κ2) is 11.5. The minimum Gasteiger partial charge on any atom is -0.491 e. The number of rotatable bonds is 9. The zero-order valence-corrected chi connectivity index (χ0v) is 17.4. The van der Waals surface area contributed by atoms with Gasteiger partial charge in [-0.05, 0) is 50.6 Å². The molecule has 7 heteroatoms. The van der Waals surface area contributed by atoms with Crippen molar-refractivity contribution in [2.45, 2.75) is 32.4 Å². The van der Waals surface area contributed by atoms with Gasteiger partial charge in [0.2, 0.25) is 0 Å². The van der Waals surface area contributed by atoms with Gasteiger partial charge in [-0.2, -0.15) is 0 Å². The third-order valence-corrected chi connectivity index (χ3v) is 5.53. The Bertz CT molecular complexity index is 627. The average Bonchev–Trinajstić information content (AvgIpc) is 2.74. The molecular weight excluding hydrogens is 372 g/mol. The molecule has 2 saturated heterocycles. The van der Waals surface area contributed by atoms with Crippen LogP contribution in [0.1, 0.15) is 25.3 Å². The summed E-state index contributed by atoms with van der Waals surface area (Å²) in [5.74, 6) is 0.761. The molecule has 0 radical (unpaired) electrons. The summed E-state index contributed by atoms with van der Waals surface area (Å²) in [7, 11) is 0. The lowest BCUT2D eigenvalue weighted by Gasteiger charge is -2.30. The Hall–Kier alpha value is -1.67. The largest absolute Gasteiger partial charge is 0.491 e. The van der Waals surface area contributed by atoms with Crippen molar-refractivity contribution in [2.75, 3.05) is 59.2 Å². The molecule has 1 N–H and O–H groups in total. The van der Waals surface area contributed by atoms with Gasteiger partial charge in [0, 0.05) is 26.2 Å². The number of piperidine rings is 1. The Morgan fingerprint density at radius 3 is 2.69 bits per heavy atom. The molecule has 1 aromatic carbocycles. The average molecular weight is 407 g/mol. The molecule has 29 heavy (non-hydrogen) atoms. The summed E-state index contributed by atoms with van der Waals surface area (Å²) < 4.78 is 16.3. The van der Waals surface area contributed by atoms with E-state index in [4.69, 9.17) is 14.2 Å². The maximum absolute atomic E-state index is 11.9. The quantitative estimate of drug-likeness (QED) is 0.624. The van der Waals surface area contributed by atoms with Crippen molar-refractivity contribution >= 4 is 5.97 Å². The van der Waals surface area contributed by atoms with Crippen LogP contribution in [-0.2, 0) is 20.8 Å². The lowest BCUT2D eigenvalue weighted by Crippen LogP contribution is -2.42. The van der Waals surface area contributed by atoms with Crippen molar-refractivity contribution in [1.29, 1.82) is 0 Å². The van der Waals surface area contributed by atoms with Crippen LogP contribution in [0.25, 0.3) is 0 Å². The zero-order valence-electron chi connectivity index (χ0n) is 17.4. The third kappa shape index (κ3) is 7.26. The van der Waals surface area contributed by atoms with Crippen molar-refractivity contribution in [2.24, 2.45) is 5.92 Å². The van der Waals surface area contributed by atoms with Crippen molar-refractivity contribution in [1.82, 2.24) is 9.80 Å². The summed E-state index contributed by atoms with van der Waals surface area (Å²) in [4.78, 5) is 16.4. The standard InChI is InChI=1S/C22H34N2O5/c1-2-28-22(26)19-6-8-23(9-7-19)15-18-4-3-5-21(14-18)29-17-20(25)16-24-10-12-27-13-11-24/h3-5,14,19-20,25H,2,6-13,15-17H2,1H3. The van der Waals surface area contributed by atoms with Gasteiger partial charge in [-0.3, -0.25) is 14.6 Å². The molecule has 3 rings (SSSR count). The van der Waals surface area contributed by atoms with E-state index < -0.39 is 6.10 Å². The highest BCUT2D eigenvalue weighted by Gasteiger charge is 2.25. The fraction of sp³-hybridized carbons (Fsp3) is 0.682. The van der Waals surface area contributed by atoms with Crippen LogP contribution in [0.3, 0.4) is 0 Å². The number of morpholine rings is 1. The van der Waals surface area contributed by atoms with Gasteiger partial charge in [0.25, 0.3) is 0 Å². The van der Waals surface area contributed by atoms with Crippen molar-refractivity contribution in [3.05, 3.63) is 29.8 Å². The minimum atomic E-state index is -0.515. The van der Waals surface area contributed by atoms with Crippen LogP contribution in [0, 0.1) is 5.92 Å². The Morgan fingerprint density at radius 2 is 1.97 bits per heavy atom. The molecule has 2 heterocycles. The van der Waals surface area contributed by atoms with E-state index >= 15 is 0 Å². The van der Waals surface area contributed by atoms with Gasteiger partial charge in [-0.25, -0.2) is 0 Å². The zero-order chi connectivity index (χ0) is 20.5. The Kier molecular flexibility index (Phi) is 8.73. The Labute approximate surface area is 173 Å². The van der Waals surface area contributed by atoms with Gasteiger partial charge in [-0.1, -0.05) is 12.1 Å².